The van der Waals surface area contributed by atoms with Crippen LogP contribution in [0.15, 0.2) is 18.2 Å². The van der Waals surface area contributed by atoms with Crippen molar-refractivity contribution in [1.82, 2.24) is 5.32 Å². The van der Waals surface area contributed by atoms with Gasteiger partial charge in [-0.25, -0.2) is 0 Å². The molecule has 3 N–H and O–H groups in total. The first kappa shape index (κ1) is 16.3. The molecule has 0 spiro atoms. The fourth-order valence-electron chi connectivity index (χ4n) is 2.92. The van der Waals surface area contributed by atoms with Gasteiger partial charge in [0.05, 0.1) is 6.54 Å². The third-order valence-corrected chi connectivity index (χ3v) is 4.45. The third kappa shape index (κ3) is 4.70. The minimum absolute atomic E-state index is 0.0705. The summed E-state index contributed by atoms with van der Waals surface area (Å²) in [7, 11) is 0. The fraction of sp³-hybridized carbons (Fsp3) is 0.562. The Morgan fingerprint density at radius 2 is 2.14 bits per heavy atom. The molecule has 1 aromatic rings. The van der Waals surface area contributed by atoms with Crippen LogP contribution in [0.3, 0.4) is 0 Å². The molecule has 1 aliphatic carbocycles. The topological polar surface area (TPSA) is 61.4 Å². The number of carbonyl (C=O) groups is 1. The number of carbonyl (C=O) groups excluding carboxylic acids is 1. The Hall–Kier alpha value is -1.10. The van der Waals surface area contributed by atoms with Gasteiger partial charge in [0.2, 0.25) is 5.91 Å². The summed E-state index contributed by atoms with van der Waals surface area (Å²) >= 11 is 5.93. The van der Waals surface area contributed by atoms with Crippen molar-refractivity contribution in [1.29, 1.82) is 0 Å². The monoisotopic (exact) mass is 310 g/mol. The normalized spacial score (nSPS) is 21.5. The lowest BCUT2D eigenvalue weighted by Crippen LogP contribution is -2.33. The molecule has 0 bridgehead atoms. The molecule has 0 saturated heterocycles. The van der Waals surface area contributed by atoms with E-state index in [1.807, 2.05) is 13.0 Å². The lowest BCUT2D eigenvalue weighted by molar-refractivity contribution is -0.115. The number of halogens is 1. The van der Waals surface area contributed by atoms with Gasteiger partial charge in [-0.3, -0.25) is 4.79 Å². The van der Waals surface area contributed by atoms with Crippen LogP contribution in [0, 0.1) is 18.8 Å². The summed E-state index contributed by atoms with van der Waals surface area (Å²) in [6.45, 7) is 3.25. The number of hydrogen-bond donors (Lipinski definition) is 3. The second kappa shape index (κ2) is 7.78. The summed E-state index contributed by atoms with van der Waals surface area (Å²) in [5.74, 6) is 0.797. The largest absolute Gasteiger partial charge is 0.396 e. The van der Waals surface area contributed by atoms with E-state index in [1.54, 1.807) is 12.1 Å². The number of nitrogens with one attached hydrogen (secondary N) is 2. The van der Waals surface area contributed by atoms with Crippen molar-refractivity contribution in [2.24, 2.45) is 11.8 Å². The Morgan fingerprint density at radius 3 is 2.90 bits per heavy atom. The van der Waals surface area contributed by atoms with Crippen LogP contribution < -0.4 is 10.6 Å². The number of aliphatic hydroxyl groups is 1. The maximum absolute atomic E-state index is 11.9. The Morgan fingerprint density at radius 1 is 1.38 bits per heavy atom. The molecule has 4 nitrogen and oxygen atoms in total. The van der Waals surface area contributed by atoms with Crippen molar-refractivity contribution in [3.05, 3.63) is 28.8 Å². The van der Waals surface area contributed by atoms with Crippen LogP contribution in [0.2, 0.25) is 5.02 Å². The number of aliphatic hydroxyl groups excluding tert-OH is 1. The van der Waals surface area contributed by atoms with E-state index in [4.69, 9.17) is 11.6 Å². The van der Waals surface area contributed by atoms with Crippen LogP contribution in [-0.2, 0) is 4.79 Å². The van der Waals surface area contributed by atoms with Crippen LogP contribution in [0.5, 0.6) is 0 Å². The second-order valence-electron chi connectivity index (χ2n) is 5.77. The Balaban J connectivity index is 1.76. The van der Waals surface area contributed by atoms with Crippen molar-refractivity contribution in [2.45, 2.75) is 26.2 Å². The van der Waals surface area contributed by atoms with Crippen LogP contribution in [-0.4, -0.2) is 30.7 Å². The number of amides is 1. The van der Waals surface area contributed by atoms with E-state index in [0.717, 1.165) is 30.6 Å². The van der Waals surface area contributed by atoms with E-state index in [-0.39, 0.29) is 19.1 Å². The highest BCUT2D eigenvalue weighted by molar-refractivity contribution is 6.31. The molecule has 0 radical (unpaired) electrons. The van der Waals surface area contributed by atoms with Crippen molar-refractivity contribution < 1.29 is 9.90 Å². The van der Waals surface area contributed by atoms with Gasteiger partial charge >= 0.3 is 0 Å². The lowest BCUT2D eigenvalue weighted by Gasteiger charge is -2.17. The standard InChI is InChI=1S/C16H23ClN2O2/c1-11-5-6-14(17)7-15(11)19-16(21)9-18-8-12-3-2-4-13(12)10-20/h5-7,12-13,18,20H,2-4,8-10H2,1H3,(H,19,21). The summed E-state index contributed by atoms with van der Waals surface area (Å²) in [6.07, 6.45) is 3.40. The highest BCUT2D eigenvalue weighted by Crippen LogP contribution is 2.30. The molecule has 1 saturated carbocycles. The molecule has 0 aromatic heterocycles. The molecule has 1 aromatic carbocycles. The molecule has 1 aliphatic rings. The third-order valence-electron chi connectivity index (χ3n) is 4.22. The molecule has 116 valence electrons. The van der Waals surface area contributed by atoms with Gasteiger partial charge in [0, 0.05) is 17.3 Å². The zero-order valence-corrected chi connectivity index (χ0v) is 13.1. The van der Waals surface area contributed by atoms with E-state index in [1.165, 1.54) is 6.42 Å². The first-order valence-electron chi connectivity index (χ1n) is 7.47. The molecule has 2 unspecified atom stereocenters. The minimum Gasteiger partial charge on any atom is -0.396 e. The van der Waals surface area contributed by atoms with E-state index in [2.05, 4.69) is 10.6 Å². The molecule has 2 atom stereocenters. The summed E-state index contributed by atoms with van der Waals surface area (Å²) in [4.78, 5) is 11.9. The Labute approximate surface area is 130 Å². The van der Waals surface area contributed by atoms with E-state index in [0.29, 0.717) is 16.9 Å². The Kier molecular flexibility index (Phi) is 6.03. The molecule has 2 rings (SSSR count). The molecule has 21 heavy (non-hydrogen) atoms. The number of hydrogen-bond acceptors (Lipinski definition) is 3. The van der Waals surface area contributed by atoms with E-state index < -0.39 is 0 Å². The molecule has 1 fully saturated rings. The first-order valence-corrected chi connectivity index (χ1v) is 7.85. The maximum atomic E-state index is 11.9. The van der Waals surface area contributed by atoms with Gasteiger partial charge in [-0.2, -0.15) is 0 Å². The number of benzene rings is 1. The average molecular weight is 311 g/mol. The highest BCUT2D eigenvalue weighted by atomic mass is 35.5. The van der Waals surface area contributed by atoms with Crippen LogP contribution in [0.1, 0.15) is 24.8 Å². The maximum Gasteiger partial charge on any atom is 0.238 e. The number of anilines is 1. The van der Waals surface area contributed by atoms with Gasteiger partial charge in [-0.05, 0) is 55.8 Å². The number of aryl methyl sites for hydroxylation is 1. The zero-order chi connectivity index (χ0) is 15.2. The van der Waals surface area contributed by atoms with Gasteiger partial charge < -0.3 is 15.7 Å². The van der Waals surface area contributed by atoms with Gasteiger partial charge in [0.1, 0.15) is 0 Å². The van der Waals surface area contributed by atoms with E-state index in [9.17, 15) is 9.90 Å². The molecule has 5 heteroatoms. The molecular formula is C16H23ClN2O2. The Bertz CT molecular complexity index is 493. The van der Waals surface area contributed by atoms with Gasteiger partial charge in [-0.15, -0.1) is 0 Å². The average Bonchev–Trinajstić information content (AvgIpc) is 2.90. The quantitative estimate of drug-likeness (QED) is 0.757. The molecule has 0 heterocycles. The van der Waals surface area contributed by atoms with Gasteiger partial charge in [0.15, 0.2) is 0 Å². The van der Waals surface area contributed by atoms with Gasteiger partial charge in [-0.1, -0.05) is 24.1 Å². The van der Waals surface area contributed by atoms with Crippen molar-refractivity contribution in [3.8, 4) is 0 Å². The van der Waals surface area contributed by atoms with E-state index >= 15 is 0 Å². The van der Waals surface area contributed by atoms with Crippen molar-refractivity contribution in [2.75, 3.05) is 25.0 Å². The van der Waals surface area contributed by atoms with Crippen molar-refractivity contribution >= 4 is 23.2 Å². The smallest absolute Gasteiger partial charge is 0.238 e. The predicted molar refractivity (Wildman–Crippen MR) is 85.6 cm³/mol. The van der Waals surface area contributed by atoms with Gasteiger partial charge in [0.25, 0.3) is 0 Å². The summed E-state index contributed by atoms with van der Waals surface area (Å²) in [5, 5.41) is 15.9. The second-order valence-corrected chi connectivity index (χ2v) is 6.21. The molecular weight excluding hydrogens is 288 g/mol. The summed E-state index contributed by atoms with van der Waals surface area (Å²) in [6, 6.07) is 5.45. The number of rotatable bonds is 6. The SMILES string of the molecule is Cc1ccc(Cl)cc1NC(=O)CNCC1CCCC1CO. The highest BCUT2D eigenvalue weighted by Gasteiger charge is 2.26. The minimum atomic E-state index is -0.0705. The predicted octanol–water partition coefficient (Wildman–Crippen LogP) is 2.59. The van der Waals surface area contributed by atoms with Crippen LogP contribution in [0.4, 0.5) is 5.69 Å². The lowest BCUT2D eigenvalue weighted by atomic mass is 9.97. The van der Waals surface area contributed by atoms with Crippen LogP contribution in [0.25, 0.3) is 0 Å². The molecule has 1 amide bonds. The summed E-state index contributed by atoms with van der Waals surface area (Å²) in [5.41, 5.74) is 1.74. The van der Waals surface area contributed by atoms with Crippen LogP contribution >= 0.6 is 11.6 Å². The first-order chi connectivity index (χ1) is 10.1. The zero-order valence-electron chi connectivity index (χ0n) is 12.4. The summed E-state index contributed by atoms with van der Waals surface area (Å²) < 4.78 is 0. The fourth-order valence-corrected chi connectivity index (χ4v) is 3.09. The molecule has 0 aliphatic heterocycles. The van der Waals surface area contributed by atoms with Crippen molar-refractivity contribution in [3.63, 3.8) is 0 Å².